The van der Waals surface area contributed by atoms with E-state index in [1.807, 2.05) is 42.5 Å². The molecule has 5 nitrogen and oxygen atoms in total. The molecule has 1 aromatic heterocycles. The van der Waals surface area contributed by atoms with E-state index in [9.17, 15) is 0 Å². The van der Waals surface area contributed by atoms with Crippen molar-refractivity contribution in [3.05, 3.63) is 58.1 Å². The summed E-state index contributed by atoms with van der Waals surface area (Å²) in [4.78, 5) is 0. The molecule has 0 unspecified atom stereocenters. The van der Waals surface area contributed by atoms with Gasteiger partial charge in [0.05, 0.1) is 46.0 Å². The number of rotatable bonds is 6. The minimum Gasteiger partial charge on any atom is -0.493 e. The average Bonchev–Trinajstić information content (AvgIpc) is 3.07. The van der Waals surface area contributed by atoms with Crippen molar-refractivity contribution in [2.45, 2.75) is 6.54 Å². The summed E-state index contributed by atoms with van der Waals surface area (Å²) >= 11 is 13.0. The fraction of sp³-hybridized carbons (Fsp3) is 0.217. The van der Waals surface area contributed by atoms with E-state index in [0.29, 0.717) is 39.6 Å². The second-order valence-corrected chi connectivity index (χ2v) is 7.52. The summed E-state index contributed by atoms with van der Waals surface area (Å²) in [6.07, 6.45) is 0. The van der Waals surface area contributed by atoms with E-state index in [1.165, 1.54) is 0 Å². The SMILES string of the molecule is COc1cc2c3ccc(OC)c(OC)c3n(Cc3c(Cl)cccc3Cl)c2cc1OC. The topological polar surface area (TPSA) is 41.9 Å². The molecule has 4 aromatic rings. The summed E-state index contributed by atoms with van der Waals surface area (Å²) in [5, 5.41) is 3.18. The Hall–Kier alpha value is -2.76. The number of nitrogens with zero attached hydrogens (tertiary/aromatic N) is 1. The van der Waals surface area contributed by atoms with Gasteiger partial charge < -0.3 is 23.5 Å². The zero-order valence-corrected chi connectivity index (χ0v) is 18.6. The van der Waals surface area contributed by atoms with E-state index in [2.05, 4.69) is 4.57 Å². The fourth-order valence-electron chi connectivity index (χ4n) is 3.83. The van der Waals surface area contributed by atoms with Crippen LogP contribution in [0.4, 0.5) is 0 Å². The molecule has 30 heavy (non-hydrogen) atoms. The van der Waals surface area contributed by atoms with Crippen molar-refractivity contribution in [3.63, 3.8) is 0 Å². The normalized spacial score (nSPS) is 11.1. The van der Waals surface area contributed by atoms with Gasteiger partial charge in [-0.15, -0.1) is 0 Å². The number of hydrogen-bond donors (Lipinski definition) is 0. The second-order valence-electron chi connectivity index (χ2n) is 6.71. The molecule has 156 valence electrons. The fourth-order valence-corrected chi connectivity index (χ4v) is 4.35. The van der Waals surface area contributed by atoms with Gasteiger partial charge in [0.1, 0.15) is 0 Å². The third-order valence-corrected chi connectivity index (χ3v) is 5.96. The lowest BCUT2D eigenvalue weighted by atomic mass is 10.1. The number of halogens is 2. The Morgan fingerprint density at radius 2 is 1.37 bits per heavy atom. The van der Waals surface area contributed by atoms with Crippen LogP contribution in [0.2, 0.25) is 10.0 Å². The first-order chi connectivity index (χ1) is 14.5. The lowest BCUT2D eigenvalue weighted by molar-refractivity contribution is 0.355. The van der Waals surface area contributed by atoms with Gasteiger partial charge in [0, 0.05) is 32.4 Å². The molecule has 3 aromatic carbocycles. The Morgan fingerprint density at radius 3 is 1.97 bits per heavy atom. The molecule has 0 radical (unpaired) electrons. The number of benzene rings is 3. The van der Waals surface area contributed by atoms with E-state index in [-0.39, 0.29) is 0 Å². The molecule has 0 fully saturated rings. The van der Waals surface area contributed by atoms with Gasteiger partial charge in [-0.25, -0.2) is 0 Å². The lowest BCUT2D eigenvalue weighted by Gasteiger charge is -2.15. The van der Waals surface area contributed by atoms with Crippen LogP contribution in [0, 0.1) is 0 Å². The van der Waals surface area contributed by atoms with Crippen LogP contribution in [-0.2, 0) is 6.54 Å². The maximum Gasteiger partial charge on any atom is 0.185 e. The second kappa shape index (κ2) is 8.17. The van der Waals surface area contributed by atoms with Crippen molar-refractivity contribution in [1.82, 2.24) is 4.57 Å². The van der Waals surface area contributed by atoms with Crippen LogP contribution in [0.1, 0.15) is 5.56 Å². The molecule has 0 aliphatic rings. The monoisotopic (exact) mass is 445 g/mol. The average molecular weight is 446 g/mol. The van der Waals surface area contributed by atoms with Crippen LogP contribution in [0.3, 0.4) is 0 Å². The molecule has 1 heterocycles. The van der Waals surface area contributed by atoms with Gasteiger partial charge in [-0.2, -0.15) is 0 Å². The molecule has 0 N–H and O–H groups in total. The van der Waals surface area contributed by atoms with Crippen LogP contribution in [0.15, 0.2) is 42.5 Å². The summed E-state index contributed by atoms with van der Waals surface area (Å²) in [6, 6.07) is 13.3. The third kappa shape index (κ3) is 3.18. The molecule has 0 spiro atoms. The summed E-state index contributed by atoms with van der Waals surface area (Å²) in [5.41, 5.74) is 2.63. The molecule has 0 bridgehead atoms. The largest absolute Gasteiger partial charge is 0.493 e. The Balaban J connectivity index is 2.13. The maximum absolute atomic E-state index is 6.49. The highest BCUT2D eigenvalue weighted by Crippen LogP contribution is 2.44. The highest BCUT2D eigenvalue weighted by molar-refractivity contribution is 6.36. The van der Waals surface area contributed by atoms with Crippen LogP contribution < -0.4 is 18.9 Å². The summed E-state index contributed by atoms with van der Waals surface area (Å²) in [7, 11) is 6.48. The van der Waals surface area contributed by atoms with E-state index in [1.54, 1.807) is 28.4 Å². The van der Waals surface area contributed by atoms with Crippen molar-refractivity contribution in [3.8, 4) is 23.0 Å². The number of methoxy groups -OCH3 is 4. The van der Waals surface area contributed by atoms with Crippen LogP contribution >= 0.6 is 23.2 Å². The highest BCUT2D eigenvalue weighted by atomic mass is 35.5. The zero-order chi connectivity index (χ0) is 21.4. The molecule has 0 aliphatic carbocycles. The first kappa shape index (κ1) is 20.5. The molecule has 0 atom stereocenters. The molecule has 7 heteroatoms. The minimum absolute atomic E-state index is 0.442. The van der Waals surface area contributed by atoms with Gasteiger partial charge in [0.25, 0.3) is 0 Å². The molecule has 0 saturated heterocycles. The number of aromatic nitrogens is 1. The lowest BCUT2D eigenvalue weighted by Crippen LogP contribution is -2.03. The van der Waals surface area contributed by atoms with Crippen LogP contribution in [-0.4, -0.2) is 33.0 Å². The van der Waals surface area contributed by atoms with Crippen molar-refractivity contribution >= 4 is 45.0 Å². The van der Waals surface area contributed by atoms with Crippen molar-refractivity contribution in [1.29, 1.82) is 0 Å². The van der Waals surface area contributed by atoms with E-state index >= 15 is 0 Å². The molecular formula is C23H21Cl2NO4. The van der Waals surface area contributed by atoms with Gasteiger partial charge >= 0.3 is 0 Å². The van der Waals surface area contributed by atoms with E-state index < -0.39 is 0 Å². The summed E-state index contributed by atoms with van der Waals surface area (Å²) in [6.45, 7) is 0.442. The minimum atomic E-state index is 0.442. The summed E-state index contributed by atoms with van der Waals surface area (Å²) < 4.78 is 24.5. The standard InChI is InChI=1S/C23H21Cl2NO4/c1-27-19-9-8-13-14-10-20(28-2)21(29-3)11-18(14)26(22(13)23(19)30-4)12-15-16(24)6-5-7-17(15)25/h5-11H,12H2,1-4H3. The predicted octanol–water partition coefficient (Wildman–Crippen LogP) is 6.18. The van der Waals surface area contributed by atoms with E-state index in [4.69, 9.17) is 42.1 Å². The molecule has 0 saturated carbocycles. The van der Waals surface area contributed by atoms with Gasteiger partial charge in [0.15, 0.2) is 23.0 Å². The number of fused-ring (bicyclic) bond motifs is 3. The quantitative estimate of drug-likeness (QED) is 0.355. The molecule has 4 rings (SSSR count). The summed E-state index contributed by atoms with van der Waals surface area (Å²) in [5.74, 6) is 2.55. The number of hydrogen-bond acceptors (Lipinski definition) is 4. The van der Waals surface area contributed by atoms with Gasteiger partial charge in [-0.3, -0.25) is 0 Å². The molecule has 0 amide bonds. The Labute approximate surface area is 184 Å². The van der Waals surface area contributed by atoms with Crippen molar-refractivity contribution < 1.29 is 18.9 Å². The molecular weight excluding hydrogens is 425 g/mol. The van der Waals surface area contributed by atoms with Gasteiger partial charge in [0.2, 0.25) is 0 Å². The van der Waals surface area contributed by atoms with Crippen LogP contribution in [0.5, 0.6) is 23.0 Å². The van der Waals surface area contributed by atoms with Crippen molar-refractivity contribution in [2.75, 3.05) is 28.4 Å². The third-order valence-electron chi connectivity index (χ3n) is 5.25. The van der Waals surface area contributed by atoms with E-state index in [0.717, 1.165) is 27.4 Å². The van der Waals surface area contributed by atoms with Gasteiger partial charge in [-0.1, -0.05) is 29.3 Å². The molecule has 0 aliphatic heterocycles. The maximum atomic E-state index is 6.49. The Bertz CT molecular complexity index is 1230. The van der Waals surface area contributed by atoms with Crippen LogP contribution in [0.25, 0.3) is 21.8 Å². The first-order valence-electron chi connectivity index (χ1n) is 9.25. The Kier molecular flexibility index (Phi) is 5.58. The van der Waals surface area contributed by atoms with Gasteiger partial charge in [-0.05, 0) is 30.3 Å². The van der Waals surface area contributed by atoms with Crippen molar-refractivity contribution in [2.24, 2.45) is 0 Å². The zero-order valence-electron chi connectivity index (χ0n) is 17.1. The highest BCUT2D eigenvalue weighted by Gasteiger charge is 2.22. The first-order valence-corrected chi connectivity index (χ1v) is 10.0. The number of ether oxygens (including phenoxy) is 4. The smallest absolute Gasteiger partial charge is 0.185 e. The predicted molar refractivity (Wildman–Crippen MR) is 121 cm³/mol. The Morgan fingerprint density at radius 1 is 0.733 bits per heavy atom.